The van der Waals surface area contributed by atoms with Gasteiger partial charge in [0.15, 0.2) is 0 Å². The van der Waals surface area contributed by atoms with Crippen LogP contribution in [0.15, 0.2) is 42.1 Å². The minimum Gasteiger partial charge on any atom is -0.351 e. The molecule has 2 aromatic carbocycles. The molecule has 1 amide bonds. The van der Waals surface area contributed by atoms with Crippen molar-refractivity contribution in [3.05, 3.63) is 63.3 Å². The van der Waals surface area contributed by atoms with Gasteiger partial charge in [0.2, 0.25) is 5.78 Å². The van der Waals surface area contributed by atoms with Crippen molar-refractivity contribution in [1.82, 2.24) is 0 Å². The van der Waals surface area contributed by atoms with Crippen molar-refractivity contribution in [1.29, 1.82) is 0 Å². The van der Waals surface area contributed by atoms with Gasteiger partial charge >= 0.3 is 0 Å². The highest BCUT2D eigenvalue weighted by atomic mass is 35.5. The van der Waals surface area contributed by atoms with Crippen LogP contribution in [0.3, 0.4) is 0 Å². The van der Waals surface area contributed by atoms with E-state index in [9.17, 15) is 9.59 Å². The topological polar surface area (TPSA) is 58.2 Å². The van der Waals surface area contributed by atoms with Crippen LogP contribution in [-0.2, 0) is 4.79 Å². The molecule has 22 heavy (non-hydrogen) atoms. The van der Waals surface area contributed by atoms with Crippen LogP contribution in [0.25, 0.3) is 5.57 Å². The molecule has 0 unspecified atom stereocenters. The number of fused-ring (bicyclic) bond motifs is 2. The molecule has 0 spiro atoms. The maximum absolute atomic E-state index is 12.5. The van der Waals surface area contributed by atoms with Crippen LogP contribution in [-0.4, -0.2) is 11.7 Å². The van der Waals surface area contributed by atoms with E-state index in [-0.39, 0.29) is 23.0 Å². The average Bonchev–Trinajstić information content (AvgIpc) is 2.97. The fourth-order valence-electron chi connectivity index (χ4n) is 2.70. The SMILES string of the molecule is O=C1Nc2cc(Cl)c(Cl)cc2/C1=C1\Nc2ccccc2C1=O. The van der Waals surface area contributed by atoms with E-state index in [4.69, 9.17) is 23.2 Å². The first-order valence-electron chi connectivity index (χ1n) is 6.52. The summed E-state index contributed by atoms with van der Waals surface area (Å²) in [5.41, 5.74) is 2.91. The van der Waals surface area contributed by atoms with Gasteiger partial charge in [-0.25, -0.2) is 0 Å². The second-order valence-electron chi connectivity index (χ2n) is 5.02. The summed E-state index contributed by atoms with van der Waals surface area (Å²) in [5, 5.41) is 6.41. The van der Waals surface area contributed by atoms with Gasteiger partial charge in [0.05, 0.1) is 21.3 Å². The van der Waals surface area contributed by atoms with Crippen molar-refractivity contribution in [2.75, 3.05) is 10.6 Å². The second-order valence-corrected chi connectivity index (χ2v) is 5.83. The van der Waals surface area contributed by atoms with Gasteiger partial charge in [-0.3, -0.25) is 9.59 Å². The standard InChI is InChI=1S/C16H8Cl2N2O2/c17-9-5-8-12(6-10(9)18)20-16(22)13(8)14-15(21)7-3-1-2-4-11(7)19-14/h1-6,19H,(H,20,22)/b14-13+. The third kappa shape index (κ3) is 1.78. The maximum Gasteiger partial charge on any atom is 0.258 e. The predicted molar refractivity (Wildman–Crippen MR) is 86.4 cm³/mol. The van der Waals surface area contributed by atoms with Crippen molar-refractivity contribution in [3.8, 4) is 0 Å². The average molecular weight is 331 g/mol. The van der Waals surface area contributed by atoms with Gasteiger partial charge in [-0.2, -0.15) is 0 Å². The number of hydrogen-bond donors (Lipinski definition) is 2. The molecule has 2 aliphatic heterocycles. The molecule has 4 rings (SSSR count). The maximum atomic E-state index is 12.5. The monoisotopic (exact) mass is 330 g/mol. The molecule has 2 aromatic rings. The number of Topliss-reactive ketones (excluding diaryl/α,β-unsaturated/α-hetero) is 1. The zero-order valence-corrected chi connectivity index (χ0v) is 12.5. The minimum atomic E-state index is -0.350. The van der Waals surface area contributed by atoms with E-state index < -0.39 is 0 Å². The number of benzene rings is 2. The molecule has 2 heterocycles. The normalized spacial score (nSPS) is 18.8. The summed E-state index contributed by atoms with van der Waals surface area (Å²) in [6.07, 6.45) is 0. The summed E-state index contributed by atoms with van der Waals surface area (Å²) in [7, 11) is 0. The van der Waals surface area contributed by atoms with Crippen LogP contribution >= 0.6 is 23.2 Å². The molecular weight excluding hydrogens is 323 g/mol. The third-order valence-electron chi connectivity index (χ3n) is 3.71. The lowest BCUT2D eigenvalue weighted by Crippen LogP contribution is -2.11. The van der Waals surface area contributed by atoms with E-state index in [1.807, 2.05) is 6.07 Å². The fraction of sp³-hybridized carbons (Fsp3) is 0. The van der Waals surface area contributed by atoms with Gasteiger partial charge in [-0.1, -0.05) is 35.3 Å². The number of carbonyl (C=O) groups is 2. The number of nitrogens with one attached hydrogen (secondary N) is 2. The quantitative estimate of drug-likeness (QED) is 0.718. The summed E-state index contributed by atoms with van der Waals surface area (Å²) in [5.74, 6) is -0.559. The molecule has 6 heteroatoms. The van der Waals surface area contributed by atoms with Gasteiger partial charge in [0, 0.05) is 16.8 Å². The molecule has 0 aliphatic carbocycles. The minimum absolute atomic E-state index is 0.209. The largest absolute Gasteiger partial charge is 0.351 e. The van der Waals surface area contributed by atoms with E-state index in [1.165, 1.54) is 0 Å². The van der Waals surface area contributed by atoms with Crippen LogP contribution < -0.4 is 10.6 Å². The van der Waals surface area contributed by atoms with Crippen LogP contribution in [0.1, 0.15) is 15.9 Å². The molecular formula is C16H8Cl2N2O2. The smallest absolute Gasteiger partial charge is 0.258 e. The Morgan fingerprint density at radius 3 is 2.32 bits per heavy atom. The van der Waals surface area contributed by atoms with E-state index in [1.54, 1.807) is 30.3 Å². The summed E-state index contributed by atoms with van der Waals surface area (Å²) < 4.78 is 0. The van der Waals surface area contributed by atoms with Gasteiger partial charge in [0.25, 0.3) is 5.91 Å². The van der Waals surface area contributed by atoms with Gasteiger partial charge in [-0.05, 0) is 24.3 Å². The molecule has 0 fully saturated rings. The van der Waals surface area contributed by atoms with E-state index in [0.29, 0.717) is 32.5 Å². The number of ketones is 1. The van der Waals surface area contributed by atoms with Gasteiger partial charge in [-0.15, -0.1) is 0 Å². The van der Waals surface area contributed by atoms with Gasteiger partial charge in [0.1, 0.15) is 5.70 Å². The fourth-order valence-corrected chi connectivity index (χ4v) is 3.03. The molecule has 0 bridgehead atoms. The molecule has 2 N–H and O–H groups in total. The Hall–Kier alpha value is -2.30. The van der Waals surface area contributed by atoms with Gasteiger partial charge < -0.3 is 10.6 Å². The highest BCUT2D eigenvalue weighted by Gasteiger charge is 2.35. The predicted octanol–water partition coefficient (Wildman–Crippen LogP) is 3.97. The van der Waals surface area contributed by atoms with Crippen LogP contribution in [0.4, 0.5) is 11.4 Å². The highest BCUT2D eigenvalue weighted by Crippen LogP contribution is 2.41. The molecule has 0 aromatic heterocycles. The summed E-state index contributed by atoms with van der Waals surface area (Å²) in [4.78, 5) is 24.8. The molecule has 0 saturated carbocycles. The first-order chi connectivity index (χ1) is 10.6. The molecule has 0 radical (unpaired) electrons. The number of carbonyl (C=O) groups excluding carboxylic acids is 2. The molecule has 108 valence electrons. The van der Waals surface area contributed by atoms with E-state index in [2.05, 4.69) is 10.6 Å². The third-order valence-corrected chi connectivity index (χ3v) is 4.44. The Morgan fingerprint density at radius 2 is 1.55 bits per heavy atom. The number of rotatable bonds is 0. The zero-order valence-electron chi connectivity index (χ0n) is 11.0. The number of amides is 1. The first-order valence-corrected chi connectivity index (χ1v) is 7.27. The number of allylic oxidation sites excluding steroid dienone is 1. The van der Waals surface area contributed by atoms with Crippen LogP contribution in [0.5, 0.6) is 0 Å². The Labute approximate surface area is 135 Å². The lowest BCUT2D eigenvalue weighted by molar-refractivity contribution is -0.110. The Morgan fingerprint density at radius 1 is 0.818 bits per heavy atom. The lowest BCUT2D eigenvalue weighted by Gasteiger charge is -2.04. The number of halogens is 2. The molecule has 2 aliphatic rings. The van der Waals surface area contributed by atoms with E-state index >= 15 is 0 Å². The highest BCUT2D eigenvalue weighted by molar-refractivity contribution is 6.44. The molecule has 0 saturated heterocycles. The van der Waals surface area contributed by atoms with Crippen molar-refractivity contribution in [3.63, 3.8) is 0 Å². The Balaban J connectivity index is 1.94. The van der Waals surface area contributed by atoms with Crippen molar-refractivity contribution >= 4 is 51.8 Å². The molecule has 0 atom stereocenters. The van der Waals surface area contributed by atoms with E-state index in [0.717, 1.165) is 0 Å². The first kappa shape index (κ1) is 13.4. The number of anilines is 2. The lowest BCUT2D eigenvalue weighted by atomic mass is 10.0. The summed E-state index contributed by atoms with van der Waals surface area (Å²) >= 11 is 12.0. The molecule has 4 nitrogen and oxygen atoms in total. The summed E-state index contributed by atoms with van der Waals surface area (Å²) in [6.45, 7) is 0. The van der Waals surface area contributed by atoms with Crippen LogP contribution in [0.2, 0.25) is 10.0 Å². The van der Waals surface area contributed by atoms with Crippen molar-refractivity contribution in [2.24, 2.45) is 0 Å². The Bertz CT molecular complexity index is 903. The summed E-state index contributed by atoms with van der Waals surface area (Å²) in [6, 6.07) is 10.3. The number of hydrogen-bond acceptors (Lipinski definition) is 3. The van der Waals surface area contributed by atoms with Crippen LogP contribution in [0, 0.1) is 0 Å². The Kier molecular flexibility index (Phi) is 2.79. The van der Waals surface area contributed by atoms with Crippen molar-refractivity contribution in [2.45, 2.75) is 0 Å². The number of para-hydroxylation sites is 1. The van der Waals surface area contributed by atoms with Crippen molar-refractivity contribution < 1.29 is 9.59 Å². The zero-order chi connectivity index (χ0) is 15.4. The second kappa shape index (κ2) is 4.60.